The molecule has 0 atom stereocenters. The first kappa shape index (κ1) is 25.4. The van der Waals surface area contributed by atoms with Crippen molar-refractivity contribution in [2.24, 2.45) is 0 Å². The maximum absolute atomic E-state index is 2.40. The van der Waals surface area contributed by atoms with E-state index >= 15 is 0 Å². The molecule has 0 aromatic heterocycles. The fraction of sp³-hybridized carbons (Fsp3) is 0. The first-order chi connectivity index (χ1) is 22.8. The average Bonchev–Trinajstić information content (AvgIpc) is 3.45. The van der Waals surface area contributed by atoms with E-state index in [4.69, 9.17) is 0 Å². The van der Waals surface area contributed by atoms with Gasteiger partial charge in [-0.2, -0.15) is 0 Å². The molecule has 1 aliphatic rings. The van der Waals surface area contributed by atoms with Crippen molar-refractivity contribution in [2.75, 3.05) is 0 Å². The zero-order valence-corrected chi connectivity index (χ0v) is 25.2. The molecule has 212 valence electrons. The van der Waals surface area contributed by atoms with E-state index in [1.165, 1.54) is 98.7 Å². The molecule has 0 radical (unpaired) electrons. The lowest BCUT2D eigenvalue weighted by atomic mass is 9.91. The molecule has 0 amide bonds. The Hall–Kier alpha value is -5.98. The van der Waals surface area contributed by atoms with Crippen LogP contribution in [0.5, 0.6) is 0 Å². The van der Waals surface area contributed by atoms with E-state index in [1.54, 1.807) is 0 Å². The van der Waals surface area contributed by atoms with Crippen LogP contribution < -0.4 is 0 Å². The second-order valence-electron chi connectivity index (χ2n) is 12.5. The Labute approximate surface area is 267 Å². The minimum absolute atomic E-state index is 1.23. The first-order valence-electron chi connectivity index (χ1n) is 16.0. The van der Waals surface area contributed by atoms with Crippen molar-refractivity contribution in [1.82, 2.24) is 0 Å². The fourth-order valence-corrected chi connectivity index (χ4v) is 7.81. The van der Waals surface area contributed by atoms with Gasteiger partial charge in [0.05, 0.1) is 0 Å². The molecular weight excluding hydrogens is 553 g/mol. The molecular formula is C46H28. The van der Waals surface area contributed by atoms with Gasteiger partial charge in [-0.25, -0.2) is 0 Å². The first-order valence-corrected chi connectivity index (χ1v) is 16.0. The zero-order valence-electron chi connectivity index (χ0n) is 25.2. The summed E-state index contributed by atoms with van der Waals surface area (Å²) in [5, 5.41) is 10.4. The summed E-state index contributed by atoms with van der Waals surface area (Å²) in [6.45, 7) is 0. The summed E-state index contributed by atoms with van der Waals surface area (Å²) in [5.41, 5.74) is 12.8. The number of hydrogen-bond donors (Lipinski definition) is 0. The Kier molecular flexibility index (Phi) is 5.38. The standard InChI is InChI=1S/C46H28/c1-2-10-30-25-35(20-19-29(30)9-1)37-23-24-43-45-27-32(21-22-40(45)42-18-8-17-41(37)46(42)43)31-12-7-13-33(26-31)44-28-34-11-3-4-14-36(34)38-15-5-6-16-39(38)44/h1-28H. The number of fused-ring (bicyclic) bond motifs is 7. The van der Waals surface area contributed by atoms with E-state index < -0.39 is 0 Å². The molecule has 0 fully saturated rings. The zero-order chi connectivity index (χ0) is 30.2. The van der Waals surface area contributed by atoms with Gasteiger partial charge in [-0.15, -0.1) is 0 Å². The molecule has 1 aliphatic carbocycles. The maximum Gasteiger partial charge on any atom is -0.00201 e. The van der Waals surface area contributed by atoms with Crippen molar-refractivity contribution < 1.29 is 0 Å². The van der Waals surface area contributed by atoms with Gasteiger partial charge >= 0.3 is 0 Å². The summed E-state index contributed by atoms with van der Waals surface area (Å²) in [6, 6.07) is 62.8. The number of rotatable bonds is 3. The Morgan fingerprint density at radius 1 is 0.217 bits per heavy atom. The van der Waals surface area contributed by atoms with Crippen LogP contribution in [0.3, 0.4) is 0 Å². The van der Waals surface area contributed by atoms with Crippen molar-refractivity contribution >= 4 is 43.1 Å². The van der Waals surface area contributed by atoms with Crippen molar-refractivity contribution in [1.29, 1.82) is 0 Å². The highest BCUT2D eigenvalue weighted by Gasteiger charge is 2.23. The van der Waals surface area contributed by atoms with Crippen molar-refractivity contribution in [3.05, 3.63) is 170 Å². The lowest BCUT2D eigenvalue weighted by Gasteiger charge is -2.13. The van der Waals surface area contributed by atoms with E-state index in [2.05, 4.69) is 170 Å². The highest BCUT2D eigenvalue weighted by Crippen LogP contribution is 2.50. The lowest BCUT2D eigenvalue weighted by Crippen LogP contribution is -1.86. The fourth-order valence-electron chi connectivity index (χ4n) is 7.81. The van der Waals surface area contributed by atoms with E-state index in [0.717, 1.165) is 0 Å². The number of hydrogen-bond acceptors (Lipinski definition) is 0. The molecule has 0 spiro atoms. The van der Waals surface area contributed by atoms with Crippen LogP contribution in [0.25, 0.3) is 98.7 Å². The van der Waals surface area contributed by atoms with E-state index in [-0.39, 0.29) is 0 Å². The van der Waals surface area contributed by atoms with Crippen LogP contribution in [0, 0.1) is 0 Å². The molecule has 9 aromatic rings. The van der Waals surface area contributed by atoms with Crippen LogP contribution in [0.4, 0.5) is 0 Å². The van der Waals surface area contributed by atoms with Crippen LogP contribution in [0.2, 0.25) is 0 Å². The van der Waals surface area contributed by atoms with Gasteiger partial charge < -0.3 is 0 Å². The molecule has 0 heteroatoms. The van der Waals surface area contributed by atoms with E-state index in [1.807, 2.05) is 0 Å². The Morgan fingerprint density at radius 3 is 1.74 bits per heavy atom. The predicted octanol–water partition coefficient (Wildman–Crippen LogP) is 12.9. The van der Waals surface area contributed by atoms with Crippen LogP contribution in [0.15, 0.2) is 170 Å². The molecule has 0 bridgehead atoms. The largest absolute Gasteiger partial charge is 0.0616 e. The Morgan fingerprint density at radius 2 is 0.826 bits per heavy atom. The third-order valence-corrected chi connectivity index (χ3v) is 9.98. The van der Waals surface area contributed by atoms with E-state index in [0.29, 0.717) is 0 Å². The third-order valence-electron chi connectivity index (χ3n) is 9.98. The van der Waals surface area contributed by atoms with Gasteiger partial charge in [0.15, 0.2) is 0 Å². The quantitative estimate of drug-likeness (QED) is 0.182. The predicted molar refractivity (Wildman–Crippen MR) is 197 cm³/mol. The van der Waals surface area contributed by atoms with Gasteiger partial charge in [-0.05, 0) is 123 Å². The van der Waals surface area contributed by atoms with Crippen molar-refractivity contribution in [3.63, 3.8) is 0 Å². The molecule has 0 saturated carbocycles. The molecule has 0 heterocycles. The molecule has 0 N–H and O–H groups in total. The summed E-state index contributed by atoms with van der Waals surface area (Å²) >= 11 is 0. The maximum atomic E-state index is 2.40. The van der Waals surface area contributed by atoms with Crippen LogP contribution >= 0.6 is 0 Å². The minimum Gasteiger partial charge on any atom is -0.0616 e. The van der Waals surface area contributed by atoms with Crippen LogP contribution in [-0.2, 0) is 0 Å². The molecule has 0 saturated heterocycles. The minimum atomic E-state index is 1.23. The van der Waals surface area contributed by atoms with Gasteiger partial charge in [0.25, 0.3) is 0 Å². The van der Waals surface area contributed by atoms with Crippen molar-refractivity contribution in [2.45, 2.75) is 0 Å². The molecule has 46 heavy (non-hydrogen) atoms. The molecule has 10 rings (SSSR count). The molecule has 9 aromatic carbocycles. The summed E-state index contributed by atoms with van der Waals surface area (Å²) < 4.78 is 0. The SMILES string of the molecule is c1cc(-c2ccc3c(c2)-c2ccc(-c4ccc5ccccc5c4)c4cccc-3c24)cc(-c2cc3ccccc3c3ccccc23)c1. The van der Waals surface area contributed by atoms with Crippen LogP contribution in [0.1, 0.15) is 0 Å². The topological polar surface area (TPSA) is 0 Å². The monoisotopic (exact) mass is 580 g/mol. The second-order valence-corrected chi connectivity index (χ2v) is 12.5. The Bertz CT molecular complexity index is 2690. The molecule has 0 aliphatic heterocycles. The summed E-state index contributed by atoms with van der Waals surface area (Å²) in [5.74, 6) is 0. The third kappa shape index (κ3) is 3.74. The second kappa shape index (κ2) is 9.76. The van der Waals surface area contributed by atoms with Crippen molar-refractivity contribution in [3.8, 4) is 55.6 Å². The highest BCUT2D eigenvalue weighted by molar-refractivity contribution is 6.19. The highest BCUT2D eigenvalue weighted by atomic mass is 14.3. The average molecular weight is 581 g/mol. The van der Waals surface area contributed by atoms with Gasteiger partial charge in [0.2, 0.25) is 0 Å². The van der Waals surface area contributed by atoms with Crippen LogP contribution in [-0.4, -0.2) is 0 Å². The summed E-state index contributed by atoms with van der Waals surface area (Å²) in [7, 11) is 0. The summed E-state index contributed by atoms with van der Waals surface area (Å²) in [4.78, 5) is 0. The smallest absolute Gasteiger partial charge is 0.00201 e. The van der Waals surface area contributed by atoms with Gasteiger partial charge in [0.1, 0.15) is 0 Å². The molecule has 0 nitrogen and oxygen atoms in total. The molecule has 0 unspecified atom stereocenters. The van der Waals surface area contributed by atoms with E-state index in [9.17, 15) is 0 Å². The normalized spacial score (nSPS) is 11.9. The lowest BCUT2D eigenvalue weighted by molar-refractivity contribution is 1.61. The Balaban J connectivity index is 1.10. The van der Waals surface area contributed by atoms with Gasteiger partial charge in [-0.3, -0.25) is 0 Å². The number of benzene rings is 9. The summed E-state index contributed by atoms with van der Waals surface area (Å²) in [6.07, 6.45) is 0. The van der Waals surface area contributed by atoms with Gasteiger partial charge in [-0.1, -0.05) is 146 Å². The van der Waals surface area contributed by atoms with Gasteiger partial charge in [0, 0.05) is 0 Å².